The van der Waals surface area contributed by atoms with E-state index in [-0.39, 0.29) is 17.5 Å². The van der Waals surface area contributed by atoms with E-state index in [9.17, 15) is 14.9 Å². The summed E-state index contributed by atoms with van der Waals surface area (Å²) in [5.74, 6) is -0.787. The van der Waals surface area contributed by atoms with Crippen LogP contribution in [0.15, 0.2) is 18.2 Å². The number of hydrogen-bond donors (Lipinski definition) is 2. The SMILES string of the molecule is Cc1ccc([N+](=O)[O-])cc1NCCC(C)(C)CCC(=O)O. The molecule has 0 saturated carbocycles. The fourth-order valence-corrected chi connectivity index (χ4v) is 2.02. The summed E-state index contributed by atoms with van der Waals surface area (Å²) in [6.07, 6.45) is 1.56. The molecule has 0 spiro atoms. The molecule has 6 heteroatoms. The predicted molar refractivity (Wildman–Crippen MR) is 81.6 cm³/mol. The molecule has 21 heavy (non-hydrogen) atoms. The summed E-state index contributed by atoms with van der Waals surface area (Å²) in [5, 5.41) is 22.7. The molecule has 1 aromatic carbocycles. The van der Waals surface area contributed by atoms with Crippen LogP contribution in [0.3, 0.4) is 0 Å². The van der Waals surface area contributed by atoms with Gasteiger partial charge in [0.05, 0.1) is 4.92 Å². The summed E-state index contributed by atoms with van der Waals surface area (Å²) >= 11 is 0. The Morgan fingerprint density at radius 2 is 2.05 bits per heavy atom. The molecule has 0 aliphatic carbocycles. The summed E-state index contributed by atoms with van der Waals surface area (Å²) in [6.45, 7) is 6.59. The van der Waals surface area contributed by atoms with E-state index in [4.69, 9.17) is 5.11 Å². The van der Waals surface area contributed by atoms with Crippen LogP contribution in [0.4, 0.5) is 11.4 Å². The van der Waals surface area contributed by atoms with E-state index in [2.05, 4.69) is 5.32 Å². The Hall–Kier alpha value is -2.11. The highest BCUT2D eigenvalue weighted by molar-refractivity contribution is 5.66. The first-order valence-corrected chi connectivity index (χ1v) is 6.92. The molecule has 2 N–H and O–H groups in total. The van der Waals surface area contributed by atoms with Gasteiger partial charge in [-0.1, -0.05) is 19.9 Å². The molecule has 0 saturated heterocycles. The van der Waals surface area contributed by atoms with Crippen molar-refractivity contribution in [3.63, 3.8) is 0 Å². The predicted octanol–water partition coefficient (Wildman–Crippen LogP) is 3.60. The number of nitrogens with zero attached hydrogens (tertiary/aromatic N) is 1. The van der Waals surface area contributed by atoms with Crippen LogP contribution in [0.2, 0.25) is 0 Å². The van der Waals surface area contributed by atoms with Gasteiger partial charge in [0.2, 0.25) is 0 Å². The number of benzene rings is 1. The fourth-order valence-electron chi connectivity index (χ4n) is 2.02. The van der Waals surface area contributed by atoms with Gasteiger partial charge >= 0.3 is 5.97 Å². The van der Waals surface area contributed by atoms with Gasteiger partial charge in [-0.05, 0) is 30.7 Å². The number of nitro benzene ring substituents is 1. The Balaban J connectivity index is 2.57. The number of carboxylic acids is 1. The van der Waals surface area contributed by atoms with E-state index >= 15 is 0 Å². The zero-order valence-corrected chi connectivity index (χ0v) is 12.7. The first-order chi connectivity index (χ1) is 9.71. The lowest BCUT2D eigenvalue weighted by atomic mass is 9.84. The van der Waals surface area contributed by atoms with Crippen molar-refractivity contribution in [1.29, 1.82) is 0 Å². The van der Waals surface area contributed by atoms with Gasteiger partial charge in [-0.15, -0.1) is 0 Å². The molecule has 0 aromatic heterocycles. The lowest BCUT2D eigenvalue weighted by Crippen LogP contribution is -2.18. The molecular formula is C15H22N2O4. The lowest BCUT2D eigenvalue weighted by Gasteiger charge is -2.24. The quantitative estimate of drug-likeness (QED) is 0.564. The van der Waals surface area contributed by atoms with Crippen molar-refractivity contribution in [3.8, 4) is 0 Å². The maximum atomic E-state index is 10.8. The van der Waals surface area contributed by atoms with Crippen LogP contribution in [0.25, 0.3) is 0 Å². The Morgan fingerprint density at radius 1 is 1.38 bits per heavy atom. The average molecular weight is 294 g/mol. The lowest BCUT2D eigenvalue weighted by molar-refractivity contribution is -0.384. The zero-order chi connectivity index (χ0) is 16.0. The standard InChI is InChI=1S/C15H22N2O4/c1-11-4-5-12(17(20)21)10-13(11)16-9-8-15(2,3)7-6-14(18)19/h4-5,10,16H,6-9H2,1-3H3,(H,18,19). The molecule has 116 valence electrons. The molecule has 1 rings (SSSR count). The first kappa shape index (κ1) is 16.9. The Bertz CT molecular complexity index is 526. The van der Waals surface area contributed by atoms with Crippen molar-refractivity contribution in [3.05, 3.63) is 33.9 Å². The van der Waals surface area contributed by atoms with Crippen LogP contribution in [0.5, 0.6) is 0 Å². The van der Waals surface area contributed by atoms with Crippen LogP contribution in [-0.2, 0) is 4.79 Å². The van der Waals surface area contributed by atoms with Crippen LogP contribution in [0, 0.1) is 22.5 Å². The number of aryl methyl sites for hydroxylation is 1. The van der Waals surface area contributed by atoms with Crippen LogP contribution < -0.4 is 5.32 Å². The second kappa shape index (κ2) is 7.06. The van der Waals surface area contributed by atoms with Gasteiger partial charge in [0.1, 0.15) is 0 Å². The molecule has 0 radical (unpaired) electrons. The number of anilines is 1. The minimum atomic E-state index is -0.787. The van der Waals surface area contributed by atoms with Gasteiger partial charge in [-0.2, -0.15) is 0 Å². The third-order valence-corrected chi connectivity index (χ3v) is 3.56. The molecule has 0 aliphatic heterocycles. The number of nitrogens with one attached hydrogen (secondary N) is 1. The normalized spacial score (nSPS) is 11.2. The van der Waals surface area contributed by atoms with Crippen molar-refractivity contribution in [2.75, 3.05) is 11.9 Å². The minimum absolute atomic E-state index is 0.0632. The van der Waals surface area contributed by atoms with Gasteiger partial charge < -0.3 is 10.4 Å². The molecule has 0 atom stereocenters. The van der Waals surface area contributed by atoms with Crippen molar-refractivity contribution in [1.82, 2.24) is 0 Å². The fraction of sp³-hybridized carbons (Fsp3) is 0.533. The second-order valence-corrected chi connectivity index (χ2v) is 5.99. The molecule has 0 unspecified atom stereocenters. The van der Waals surface area contributed by atoms with Gasteiger partial charge in [0, 0.05) is 30.8 Å². The van der Waals surface area contributed by atoms with Crippen molar-refractivity contribution in [2.45, 2.75) is 40.0 Å². The molecular weight excluding hydrogens is 272 g/mol. The highest BCUT2D eigenvalue weighted by Crippen LogP contribution is 2.27. The van der Waals surface area contributed by atoms with E-state index in [0.717, 1.165) is 17.7 Å². The molecule has 0 bridgehead atoms. The number of non-ortho nitro benzene ring substituents is 1. The third-order valence-electron chi connectivity index (χ3n) is 3.56. The number of aliphatic carboxylic acids is 1. The van der Waals surface area contributed by atoms with Crippen LogP contribution in [0.1, 0.15) is 38.7 Å². The van der Waals surface area contributed by atoms with Gasteiger partial charge in [-0.3, -0.25) is 14.9 Å². The van der Waals surface area contributed by atoms with Crippen LogP contribution in [-0.4, -0.2) is 22.5 Å². The van der Waals surface area contributed by atoms with Crippen molar-refractivity contribution >= 4 is 17.3 Å². The monoisotopic (exact) mass is 294 g/mol. The highest BCUT2D eigenvalue weighted by atomic mass is 16.6. The van der Waals surface area contributed by atoms with Gasteiger partial charge in [0.25, 0.3) is 5.69 Å². The first-order valence-electron chi connectivity index (χ1n) is 6.92. The number of carboxylic acid groups (broad SMARTS) is 1. The van der Waals surface area contributed by atoms with Gasteiger partial charge in [0.15, 0.2) is 0 Å². The number of nitro groups is 1. The number of carbonyl (C=O) groups is 1. The Morgan fingerprint density at radius 3 is 2.62 bits per heavy atom. The number of rotatable bonds is 8. The summed E-state index contributed by atoms with van der Waals surface area (Å²) in [7, 11) is 0. The highest BCUT2D eigenvalue weighted by Gasteiger charge is 2.19. The van der Waals surface area contributed by atoms with E-state index in [1.165, 1.54) is 12.1 Å². The summed E-state index contributed by atoms with van der Waals surface area (Å²) < 4.78 is 0. The summed E-state index contributed by atoms with van der Waals surface area (Å²) in [4.78, 5) is 21.0. The van der Waals surface area contributed by atoms with Gasteiger partial charge in [-0.25, -0.2) is 0 Å². The molecule has 0 fully saturated rings. The van der Waals surface area contributed by atoms with E-state index in [1.54, 1.807) is 6.07 Å². The molecule has 0 aliphatic rings. The Labute approximate surface area is 124 Å². The van der Waals surface area contributed by atoms with E-state index in [1.807, 2.05) is 20.8 Å². The Kier molecular flexibility index (Phi) is 5.69. The van der Waals surface area contributed by atoms with Crippen molar-refractivity contribution < 1.29 is 14.8 Å². The maximum absolute atomic E-state index is 10.8. The summed E-state index contributed by atoms with van der Waals surface area (Å²) in [5.41, 5.74) is 1.68. The zero-order valence-electron chi connectivity index (χ0n) is 12.7. The average Bonchev–Trinajstić information content (AvgIpc) is 2.38. The second-order valence-electron chi connectivity index (χ2n) is 5.99. The summed E-state index contributed by atoms with van der Waals surface area (Å²) in [6, 6.07) is 4.73. The maximum Gasteiger partial charge on any atom is 0.303 e. The largest absolute Gasteiger partial charge is 0.481 e. The molecule has 6 nitrogen and oxygen atoms in total. The van der Waals surface area contributed by atoms with E-state index < -0.39 is 10.9 Å². The van der Waals surface area contributed by atoms with Crippen LogP contribution >= 0.6 is 0 Å². The topological polar surface area (TPSA) is 92.5 Å². The molecule has 0 heterocycles. The third kappa shape index (κ3) is 5.81. The minimum Gasteiger partial charge on any atom is -0.481 e. The number of hydrogen-bond acceptors (Lipinski definition) is 4. The van der Waals surface area contributed by atoms with Crippen molar-refractivity contribution in [2.24, 2.45) is 5.41 Å². The molecule has 0 amide bonds. The van der Waals surface area contributed by atoms with E-state index in [0.29, 0.717) is 13.0 Å². The smallest absolute Gasteiger partial charge is 0.303 e. The molecule has 1 aromatic rings.